The van der Waals surface area contributed by atoms with E-state index in [4.69, 9.17) is 4.74 Å². The van der Waals surface area contributed by atoms with E-state index in [9.17, 15) is 4.39 Å². The summed E-state index contributed by atoms with van der Waals surface area (Å²) in [6.07, 6.45) is 6.30. The van der Waals surface area contributed by atoms with Gasteiger partial charge in [0.25, 0.3) is 0 Å². The lowest BCUT2D eigenvalue weighted by Gasteiger charge is -2.34. The summed E-state index contributed by atoms with van der Waals surface area (Å²) in [5.41, 5.74) is 0.670. The molecule has 1 fully saturated rings. The van der Waals surface area contributed by atoms with Crippen LogP contribution in [0.4, 0.5) is 4.39 Å². The number of piperidine rings is 1. The Morgan fingerprint density at radius 3 is 2.61 bits per heavy atom. The van der Waals surface area contributed by atoms with Crippen LogP contribution in [0, 0.1) is 24.6 Å². The fourth-order valence-corrected chi connectivity index (χ4v) is 3.41. The van der Waals surface area contributed by atoms with Crippen molar-refractivity contribution in [3.63, 3.8) is 0 Å². The molecule has 130 valence electrons. The van der Waals surface area contributed by atoms with Gasteiger partial charge in [0.05, 0.1) is 6.61 Å². The third kappa shape index (κ3) is 5.80. The number of halogens is 1. The number of ether oxygens (including phenoxy) is 1. The molecule has 1 unspecified atom stereocenters. The van der Waals surface area contributed by atoms with Gasteiger partial charge < -0.3 is 9.64 Å². The smallest absolute Gasteiger partial charge is 0.129 e. The van der Waals surface area contributed by atoms with Gasteiger partial charge in [0.1, 0.15) is 11.6 Å². The molecule has 0 saturated carbocycles. The van der Waals surface area contributed by atoms with E-state index in [0.29, 0.717) is 23.8 Å². The monoisotopic (exact) mass is 321 g/mol. The molecular weight excluding hydrogens is 289 g/mol. The van der Waals surface area contributed by atoms with Gasteiger partial charge in [-0.15, -0.1) is 0 Å². The lowest BCUT2D eigenvalue weighted by atomic mass is 9.95. The Morgan fingerprint density at radius 1 is 1.26 bits per heavy atom. The van der Waals surface area contributed by atoms with Gasteiger partial charge >= 0.3 is 0 Å². The summed E-state index contributed by atoms with van der Waals surface area (Å²) < 4.78 is 19.3. The normalized spacial score (nSPS) is 18.1. The highest BCUT2D eigenvalue weighted by molar-refractivity contribution is 5.27. The summed E-state index contributed by atoms with van der Waals surface area (Å²) in [5.74, 6) is 1.92. The third-order valence-electron chi connectivity index (χ3n) is 5.13. The Morgan fingerprint density at radius 2 is 2.00 bits per heavy atom. The van der Waals surface area contributed by atoms with Gasteiger partial charge in [-0.1, -0.05) is 32.8 Å². The van der Waals surface area contributed by atoms with Gasteiger partial charge in [-0.3, -0.25) is 0 Å². The average molecular weight is 321 g/mol. The number of hydrogen-bond donors (Lipinski definition) is 0. The second-order valence-corrected chi connectivity index (χ2v) is 7.03. The van der Waals surface area contributed by atoms with Crippen LogP contribution in [0.3, 0.4) is 0 Å². The van der Waals surface area contributed by atoms with Crippen molar-refractivity contribution in [1.29, 1.82) is 0 Å². The summed E-state index contributed by atoms with van der Waals surface area (Å²) in [6.45, 7) is 10.7. The summed E-state index contributed by atoms with van der Waals surface area (Å²) in [4.78, 5) is 2.62. The molecule has 3 heteroatoms. The Balaban J connectivity index is 1.71. The van der Waals surface area contributed by atoms with E-state index < -0.39 is 0 Å². The number of hydrogen-bond acceptors (Lipinski definition) is 2. The number of nitrogens with zero attached hydrogens (tertiary/aromatic N) is 1. The largest absolute Gasteiger partial charge is 0.493 e. The maximum absolute atomic E-state index is 13.5. The first-order chi connectivity index (χ1) is 11.1. The van der Waals surface area contributed by atoms with Crippen LogP contribution >= 0.6 is 0 Å². The Labute approximate surface area is 141 Å². The van der Waals surface area contributed by atoms with E-state index >= 15 is 0 Å². The van der Waals surface area contributed by atoms with Crippen molar-refractivity contribution in [3.8, 4) is 5.75 Å². The van der Waals surface area contributed by atoms with Crippen LogP contribution in [-0.4, -0.2) is 31.1 Å². The molecule has 1 saturated heterocycles. The quantitative estimate of drug-likeness (QED) is 0.664. The molecule has 1 aromatic carbocycles. The van der Waals surface area contributed by atoms with Crippen molar-refractivity contribution in [3.05, 3.63) is 29.6 Å². The molecule has 2 rings (SSSR count). The van der Waals surface area contributed by atoms with E-state index in [1.807, 2.05) is 6.07 Å². The molecule has 2 nitrogen and oxygen atoms in total. The van der Waals surface area contributed by atoms with E-state index in [0.717, 1.165) is 5.92 Å². The summed E-state index contributed by atoms with van der Waals surface area (Å²) >= 11 is 0. The Kier molecular flexibility index (Phi) is 7.35. The minimum absolute atomic E-state index is 0.182. The number of rotatable bonds is 8. The van der Waals surface area contributed by atoms with Crippen molar-refractivity contribution in [1.82, 2.24) is 4.90 Å². The number of benzene rings is 1. The molecule has 0 amide bonds. The first kappa shape index (κ1) is 18.3. The highest BCUT2D eigenvalue weighted by Crippen LogP contribution is 2.22. The zero-order valence-electron chi connectivity index (χ0n) is 15.0. The minimum Gasteiger partial charge on any atom is -0.493 e. The van der Waals surface area contributed by atoms with Gasteiger partial charge in [-0.05, 0) is 62.7 Å². The van der Waals surface area contributed by atoms with Crippen LogP contribution in [0.1, 0.15) is 51.5 Å². The predicted molar refractivity (Wildman–Crippen MR) is 94.5 cm³/mol. The molecule has 1 aromatic rings. The maximum Gasteiger partial charge on any atom is 0.129 e. The molecule has 1 heterocycles. The number of likely N-dealkylation sites (tertiary alicyclic amines) is 1. The van der Waals surface area contributed by atoms with Crippen LogP contribution in [0.15, 0.2) is 18.2 Å². The van der Waals surface area contributed by atoms with Gasteiger partial charge in [0.15, 0.2) is 0 Å². The third-order valence-corrected chi connectivity index (χ3v) is 5.13. The zero-order chi connectivity index (χ0) is 16.7. The molecule has 0 N–H and O–H groups in total. The van der Waals surface area contributed by atoms with Gasteiger partial charge in [-0.25, -0.2) is 4.39 Å². The van der Waals surface area contributed by atoms with Crippen LogP contribution in [-0.2, 0) is 0 Å². The van der Waals surface area contributed by atoms with Crippen molar-refractivity contribution < 1.29 is 9.13 Å². The van der Waals surface area contributed by atoms with Gasteiger partial charge in [0, 0.05) is 12.6 Å². The standard InChI is InChI=1S/C20H32FNO/c1-4-6-17(5-2)14-22-11-9-18(10-12-22)15-23-19-8-7-16(3)20(21)13-19/h7-8,13,17-18H,4-6,9-12,14-15H2,1-3H3. The lowest BCUT2D eigenvalue weighted by Crippen LogP contribution is -2.38. The van der Waals surface area contributed by atoms with E-state index in [1.165, 1.54) is 57.8 Å². The van der Waals surface area contributed by atoms with Crippen molar-refractivity contribution >= 4 is 0 Å². The highest BCUT2D eigenvalue weighted by atomic mass is 19.1. The van der Waals surface area contributed by atoms with E-state index in [2.05, 4.69) is 18.7 Å². The first-order valence-corrected chi connectivity index (χ1v) is 9.23. The summed E-state index contributed by atoms with van der Waals surface area (Å²) in [5, 5.41) is 0. The SMILES string of the molecule is CCCC(CC)CN1CCC(COc2ccc(C)c(F)c2)CC1. The van der Waals surface area contributed by atoms with E-state index in [-0.39, 0.29) is 5.82 Å². The molecule has 0 bridgehead atoms. The van der Waals surface area contributed by atoms with E-state index in [1.54, 1.807) is 13.0 Å². The van der Waals surface area contributed by atoms with Crippen molar-refractivity contribution in [2.45, 2.75) is 52.9 Å². The maximum atomic E-state index is 13.5. The molecule has 1 aliphatic rings. The first-order valence-electron chi connectivity index (χ1n) is 9.23. The van der Waals surface area contributed by atoms with Crippen LogP contribution in [0.25, 0.3) is 0 Å². The van der Waals surface area contributed by atoms with Crippen LogP contribution in [0.5, 0.6) is 5.75 Å². The molecular formula is C20H32FNO. The topological polar surface area (TPSA) is 12.5 Å². The van der Waals surface area contributed by atoms with Crippen LogP contribution < -0.4 is 4.74 Å². The van der Waals surface area contributed by atoms with Crippen molar-refractivity contribution in [2.24, 2.45) is 11.8 Å². The molecule has 0 radical (unpaired) electrons. The Hall–Kier alpha value is -1.09. The molecule has 0 aliphatic carbocycles. The lowest BCUT2D eigenvalue weighted by molar-refractivity contribution is 0.124. The summed E-state index contributed by atoms with van der Waals surface area (Å²) in [6, 6.07) is 5.15. The molecule has 23 heavy (non-hydrogen) atoms. The highest BCUT2D eigenvalue weighted by Gasteiger charge is 2.21. The second-order valence-electron chi connectivity index (χ2n) is 7.03. The molecule has 1 atom stereocenters. The Bertz CT molecular complexity index is 469. The second kappa shape index (κ2) is 9.27. The summed E-state index contributed by atoms with van der Waals surface area (Å²) in [7, 11) is 0. The van der Waals surface area contributed by atoms with Crippen molar-refractivity contribution in [2.75, 3.05) is 26.2 Å². The van der Waals surface area contributed by atoms with Crippen LogP contribution in [0.2, 0.25) is 0 Å². The number of aryl methyl sites for hydroxylation is 1. The fourth-order valence-electron chi connectivity index (χ4n) is 3.41. The molecule has 0 aromatic heterocycles. The zero-order valence-corrected chi connectivity index (χ0v) is 15.0. The van der Waals surface area contributed by atoms with Gasteiger partial charge in [-0.2, -0.15) is 0 Å². The average Bonchev–Trinajstić information content (AvgIpc) is 2.56. The molecule has 0 spiro atoms. The fraction of sp³-hybridized carbons (Fsp3) is 0.700. The predicted octanol–water partition coefficient (Wildman–Crippen LogP) is 5.05. The van der Waals surface area contributed by atoms with Gasteiger partial charge in [0.2, 0.25) is 0 Å². The minimum atomic E-state index is -0.182. The molecule has 1 aliphatic heterocycles.